The molecule has 6 heteroatoms. The number of rotatable bonds is 5. The van der Waals surface area contributed by atoms with E-state index in [1.54, 1.807) is 0 Å². The first-order chi connectivity index (χ1) is 13.4. The molecular formula is C22H32N4OS. The first-order valence-electron chi connectivity index (χ1n) is 10.4. The third-order valence-electron chi connectivity index (χ3n) is 5.93. The normalized spacial score (nSPS) is 20.6. The van der Waals surface area contributed by atoms with Crippen LogP contribution in [-0.4, -0.2) is 42.1 Å². The largest absolute Gasteiger partial charge is 0.372 e. The summed E-state index contributed by atoms with van der Waals surface area (Å²) in [5, 5.41) is 7.04. The van der Waals surface area contributed by atoms with Crippen LogP contribution < -0.4 is 15.5 Å². The van der Waals surface area contributed by atoms with Crippen LogP contribution in [0.1, 0.15) is 52.1 Å². The minimum Gasteiger partial charge on any atom is -0.372 e. The summed E-state index contributed by atoms with van der Waals surface area (Å²) in [6, 6.07) is 8.27. The number of hydrogen-bond donors (Lipinski definition) is 2. The lowest BCUT2D eigenvalue weighted by Gasteiger charge is -2.36. The summed E-state index contributed by atoms with van der Waals surface area (Å²) in [7, 11) is 0. The van der Waals surface area contributed by atoms with Gasteiger partial charge in [0.15, 0.2) is 5.11 Å². The predicted molar refractivity (Wildman–Crippen MR) is 119 cm³/mol. The first kappa shape index (κ1) is 20.6. The van der Waals surface area contributed by atoms with Crippen LogP contribution >= 0.6 is 12.2 Å². The SMILES string of the molecule is CCN(CC)c1ccc(C2NC(=S)NC(C)=C2C(=O)N2CCC(C)CC2)cc1. The minimum absolute atomic E-state index is 0.115. The number of carbonyl (C=O) groups excluding carboxylic acids is 1. The number of thiocarbonyl (C=S) groups is 1. The van der Waals surface area contributed by atoms with Gasteiger partial charge in [-0.2, -0.15) is 0 Å². The number of carbonyl (C=O) groups is 1. The molecule has 2 N–H and O–H groups in total. The molecule has 0 saturated carbocycles. The molecule has 1 saturated heterocycles. The van der Waals surface area contributed by atoms with Crippen LogP contribution in [0.3, 0.4) is 0 Å². The number of likely N-dealkylation sites (tertiary alicyclic amines) is 1. The lowest BCUT2D eigenvalue weighted by atomic mass is 9.92. The van der Waals surface area contributed by atoms with Gasteiger partial charge in [0.2, 0.25) is 0 Å². The van der Waals surface area contributed by atoms with Crippen LogP contribution in [0.4, 0.5) is 5.69 Å². The monoisotopic (exact) mass is 400 g/mol. The summed E-state index contributed by atoms with van der Waals surface area (Å²) in [4.78, 5) is 17.7. The van der Waals surface area contributed by atoms with E-state index in [0.717, 1.165) is 55.9 Å². The fourth-order valence-electron chi connectivity index (χ4n) is 4.08. The van der Waals surface area contributed by atoms with Gasteiger partial charge in [0.1, 0.15) is 0 Å². The summed E-state index contributed by atoms with van der Waals surface area (Å²) >= 11 is 5.39. The van der Waals surface area contributed by atoms with Gasteiger partial charge in [0.25, 0.3) is 5.91 Å². The fraction of sp³-hybridized carbons (Fsp3) is 0.545. The summed E-state index contributed by atoms with van der Waals surface area (Å²) in [5.74, 6) is 0.808. The number of amides is 1. The number of allylic oxidation sites excluding steroid dienone is 1. The summed E-state index contributed by atoms with van der Waals surface area (Å²) in [6.07, 6.45) is 2.14. The Morgan fingerprint density at radius 1 is 1.18 bits per heavy atom. The highest BCUT2D eigenvalue weighted by molar-refractivity contribution is 7.80. The molecule has 2 heterocycles. The van der Waals surface area contributed by atoms with Crippen LogP contribution in [0.15, 0.2) is 35.5 Å². The van der Waals surface area contributed by atoms with E-state index in [4.69, 9.17) is 12.2 Å². The van der Waals surface area contributed by atoms with Crippen molar-refractivity contribution in [2.24, 2.45) is 5.92 Å². The van der Waals surface area contributed by atoms with Gasteiger partial charge in [-0.05, 0) is 69.4 Å². The minimum atomic E-state index is -0.216. The lowest BCUT2D eigenvalue weighted by Crippen LogP contribution is -2.48. The number of benzene rings is 1. The molecule has 1 amide bonds. The van der Waals surface area contributed by atoms with Gasteiger partial charge in [-0.25, -0.2) is 0 Å². The Hall–Kier alpha value is -2.08. The van der Waals surface area contributed by atoms with Crippen molar-refractivity contribution in [3.05, 3.63) is 41.1 Å². The Labute approximate surface area is 174 Å². The van der Waals surface area contributed by atoms with E-state index in [0.29, 0.717) is 11.0 Å². The van der Waals surface area contributed by atoms with Gasteiger partial charge < -0.3 is 20.4 Å². The maximum Gasteiger partial charge on any atom is 0.253 e. The molecule has 0 aliphatic carbocycles. The van der Waals surface area contributed by atoms with Crippen LogP contribution in [-0.2, 0) is 4.79 Å². The Balaban J connectivity index is 1.88. The quantitative estimate of drug-likeness (QED) is 0.740. The van der Waals surface area contributed by atoms with Crippen molar-refractivity contribution in [2.45, 2.75) is 46.6 Å². The van der Waals surface area contributed by atoms with Crippen molar-refractivity contribution in [2.75, 3.05) is 31.1 Å². The molecular weight excluding hydrogens is 368 g/mol. The number of piperidine rings is 1. The van der Waals surface area contributed by atoms with Gasteiger partial charge in [-0.15, -0.1) is 0 Å². The average Bonchev–Trinajstić information content (AvgIpc) is 2.69. The molecule has 1 aromatic rings. The van der Waals surface area contributed by atoms with Gasteiger partial charge in [-0.3, -0.25) is 4.79 Å². The Morgan fingerprint density at radius 3 is 2.36 bits per heavy atom. The maximum absolute atomic E-state index is 13.4. The molecule has 0 bridgehead atoms. The zero-order valence-corrected chi connectivity index (χ0v) is 18.2. The van der Waals surface area contributed by atoms with Crippen molar-refractivity contribution >= 4 is 28.9 Å². The van der Waals surface area contributed by atoms with E-state index in [9.17, 15) is 4.79 Å². The van der Waals surface area contributed by atoms with Gasteiger partial charge >= 0.3 is 0 Å². The first-order valence-corrected chi connectivity index (χ1v) is 10.8. The number of anilines is 1. The fourth-order valence-corrected chi connectivity index (χ4v) is 4.35. The second-order valence-electron chi connectivity index (χ2n) is 7.81. The molecule has 152 valence electrons. The Kier molecular flexibility index (Phi) is 6.60. The molecule has 2 aliphatic rings. The molecule has 2 aliphatic heterocycles. The molecule has 0 spiro atoms. The molecule has 0 aromatic heterocycles. The van der Waals surface area contributed by atoms with Gasteiger partial charge in [0.05, 0.1) is 11.6 Å². The molecule has 0 radical (unpaired) electrons. The van der Waals surface area contributed by atoms with E-state index in [1.807, 2.05) is 11.8 Å². The molecule has 1 aromatic carbocycles. The third-order valence-corrected chi connectivity index (χ3v) is 6.15. The number of nitrogens with one attached hydrogen (secondary N) is 2. The van der Waals surface area contributed by atoms with Crippen molar-refractivity contribution in [3.63, 3.8) is 0 Å². The number of hydrogen-bond acceptors (Lipinski definition) is 3. The van der Waals surface area contributed by atoms with E-state index in [1.165, 1.54) is 5.69 Å². The molecule has 28 heavy (non-hydrogen) atoms. The Morgan fingerprint density at radius 2 is 1.79 bits per heavy atom. The second-order valence-corrected chi connectivity index (χ2v) is 8.22. The molecule has 3 rings (SSSR count). The topological polar surface area (TPSA) is 47.6 Å². The van der Waals surface area contributed by atoms with Crippen molar-refractivity contribution in [1.29, 1.82) is 0 Å². The van der Waals surface area contributed by atoms with Crippen LogP contribution in [0, 0.1) is 5.92 Å². The van der Waals surface area contributed by atoms with E-state index in [-0.39, 0.29) is 11.9 Å². The standard InChI is InChI=1S/C22H32N4OS/c1-5-25(6-2)18-9-7-17(8-10-18)20-19(16(4)23-22(28)24-20)21(27)26-13-11-15(3)12-14-26/h7-10,15,20H,5-6,11-14H2,1-4H3,(H2,23,24,28). The zero-order valence-electron chi connectivity index (χ0n) is 17.4. The van der Waals surface area contributed by atoms with Crippen LogP contribution in [0.2, 0.25) is 0 Å². The van der Waals surface area contributed by atoms with Crippen molar-refractivity contribution in [1.82, 2.24) is 15.5 Å². The highest BCUT2D eigenvalue weighted by Crippen LogP contribution is 2.30. The van der Waals surface area contributed by atoms with Gasteiger partial charge in [0, 0.05) is 37.6 Å². The van der Waals surface area contributed by atoms with E-state index in [2.05, 4.69) is 60.6 Å². The molecule has 1 fully saturated rings. The van der Waals surface area contributed by atoms with E-state index >= 15 is 0 Å². The number of nitrogens with zero attached hydrogens (tertiary/aromatic N) is 2. The highest BCUT2D eigenvalue weighted by atomic mass is 32.1. The lowest BCUT2D eigenvalue weighted by molar-refractivity contribution is -0.128. The van der Waals surface area contributed by atoms with Crippen LogP contribution in [0.5, 0.6) is 0 Å². The van der Waals surface area contributed by atoms with Crippen LogP contribution in [0.25, 0.3) is 0 Å². The zero-order chi connectivity index (χ0) is 20.3. The van der Waals surface area contributed by atoms with Crippen molar-refractivity contribution in [3.8, 4) is 0 Å². The molecule has 1 unspecified atom stereocenters. The smallest absolute Gasteiger partial charge is 0.253 e. The summed E-state index contributed by atoms with van der Waals surface area (Å²) in [5.41, 5.74) is 3.89. The second kappa shape index (κ2) is 8.95. The third kappa shape index (κ3) is 4.32. The highest BCUT2D eigenvalue weighted by Gasteiger charge is 2.33. The average molecular weight is 401 g/mol. The molecule has 5 nitrogen and oxygen atoms in total. The molecule has 1 atom stereocenters. The van der Waals surface area contributed by atoms with Gasteiger partial charge in [-0.1, -0.05) is 19.1 Å². The summed E-state index contributed by atoms with van der Waals surface area (Å²) in [6.45, 7) is 12.1. The summed E-state index contributed by atoms with van der Waals surface area (Å²) < 4.78 is 0. The van der Waals surface area contributed by atoms with E-state index < -0.39 is 0 Å². The van der Waals surface area contributed by atoms with Crippen molar-refractivity contribution < 1.29 is 4.79 Å². The maximum atomic E-state index is 13.4. The predicted octanol–water partition coefficient (Wildman–Crippen LogP) is 3.58. The Bertz CT molecular complexity index is 746.